The van der Waals surface area contributed by atoms with Crippen molar-refractivity contribution in [3.63, 3.8) is 0 Å². The molecule has 0 bridgehead atoms. The highest BCUT2D eigenvalue weighted by Gasteiger charge is 2.02. The fourth-order valence-electron chi connectivity index (χ4n) is 0.697. The highest BCUT2D eigenvalue weighted by molar-refractivity contribution is 7.38. The van der Waals surface area contributed by atoms with E-state index < -0.39 is 8.18 Å². The molecule has 0 heterocycles. The van der Waals surface area contributed by atoms with E-state index in [2.05, 4.69) is 5.09 Å². The van der Waals surface area contributed by atoms with Crippen LogP contribution in [0.5, 0.6) is 0 Å². The highest BCUT2D eigenvalue weighted by atomic mass is 35.5. The molecule has 0 aliphatic heterocycles. The molecular formula is C6H9Cl2N2O2P. The molecule has 3 N–H and O–H groups in total. The number of benzene rings is 1. The highest BCUT2D eigenvalue weighted by Crippen LogP contribution is 2.22. The number of hydrogen-bond acceptors (Lipinski definition) is 3. The number of rotatable bonds is 2. The Morgan fingerprint density at radius 3 is 2.31 bits per heavy atom. The van der Waals surface area contributed by atoms with Crippen molar-refractivity contribution in [1.82, 2.24) is 0 Å². The summed E-state index contributed by atoms with van der Waals surface area (Å²) < 4.78 is 10.2. The quantitative estimate of drug-likeness (QED) is 0.610. The average molecular weight is 243 g/mol. The van der Waals surface area contributed by atoms with Crippen molar-refractivity contribution in [2.45, 2.75) is 0 Å². The van der Waals surface area contributed by atoms with Crippen molar-refractivity contribution >= 4 is 44.4 Å². The Balaban J connectivity index is 0. The molecule has 4 nitrogen and oxygen atoms in total. The molecule has 0 aliphatic carbocycles. The van der Waals surface area contributed by atoms with E-state index in [1.165, 1.54) is 0 Å². The van der Waals surface area contributed by atoms with Gasteiger partial charge in [-0.15, -0.1) is 24.8 Å². The molecule has 0 amide bonds. The fraction of sp³-hybridized carbons (Fsp3) is 0. The first-order chi connectivity index (χ1) is 5.20. The summed E-state index contributed by atoms with van der Waals surface area (Å²) >= 11 is 0. The molecule has 0 aliphatic rings. The maximum atomic E-state index is 10.2. The topological polar surface area (TPSA) is 78.2 Å². The number of nitrogen functional groups attached to an aromatic ring is 1. The Morgan fingerprint density at radius 1 is 1.31 bits per heavy atom. The van der Waals surface area contributed by atoms with Crippen LogP contribution in [-0.2, 0) is 4.57 Å². The van der Waals surface area contributed by atoms with E-state index in [1.807, 2.05) is 0 Å². The summed E-state index contributed by atoms with van der Waals surface area (Å²) in [6, 6.07) is 6.66. The minimum atomic E-state index is -2.62. The molecule has 1 rings (SSSR count). The first kappa shape index (κ1) is 15.0. The van der Waals surface area contributed by atoms with E-state index in [9.17, 15) is 9.46 Å². The minimum absolute atomic E-state index is 0. The second-order valence-electron chi connectivity index (χ2n) is 1.96. The van der Waals surface area contributed by atoms with E-state index >= 15 is 0 Å². The van der Waals surface area contributed by atoms with Crippen LogP contribution in [0.15, 0.2) is 24.3 Å². The second kappa shape index (κ2) is 6.92. The van der Waals surface area contributed by atoms with E-state index in [4.69, 9.17) is 5.73 Å². The van der Waals surface area contributed by atoms with Crippen molar-refractivity contribution in [1.29, 1.82) is 0 Å². The van der Waals surface area contributed by atoms with Gasteiger partial charge in [-0.2, -0.15) is 5.09 Å². The Bertz CT molecular complexity index is 285. The van der Waals surface area contributed by atoms with Gasteiger partial charge in [-0.3, -0.25) is 0 Å². The van der Waals surface area contributed by atoms with Gasteiger partial charge in [0.05, 0.1) is 5.69 Å². The number of nitrogens with two attached hydrogens (primary N) is 1. The smallest absolute Gasteiger partial charge is 0.437 e. The van der Waals surface area contributed by atoms with Gasteiger partial charge in [-0.05, 0) is 16.7 Å². The summed E-state index contributed by atoms with van der Waals surface area (Å²) in [5.74, 6) is 0. The first-order valence-corrected chi connectivity index (χ1v) is 4.13. The normalized spacial score (nSPS) is 9.15. The molecule has 0 aromatic heterocycles. The Kier molecular flexibility index (Phi) is 7.96. The molecule has 0 saturated carbocycles. The third-order valence-corrected chi connectivity index (χ3v) is 1.60. The van der Waals surface area contributed by atoms with Crippen LogP contribution in [0.4, 0.5) is 11.4 Å². The molecule has 1 atom stereocenters. The van der Waals surface area contributed by atoms with Crippen molar-refractivity contribution in [3.8, 4) is 0 Å². The maximum absolute atomic E-state index is 10.2. The standard InChI is InChI=1S/C6H7N2O2P.2ClH/c7-5-3-1-2-4-6(5)8-11(9)10;;/h1-4H,7H2,(H,8,9,10);2*1H. The zero-order chi connectivity index (χ0) is 8.27. The Morgan fingerprint density at radius 2 is 1.85 bits per heavy atom. The molecule has 0 spiro atoms. The molecule has 74 valence electrons. The zero-order valence-corrected chi connectivity index (χ0v) is 8.99. The third-order valence-electron chi connectivity index (χ3n) is 1.17. The van der Waals surface area contributed by atoms with E-state index in [0.717, 1.165) is 0 Å². The zero-order valence-electron chi connectivity index (χ0n) is 6.47. The van der Waals surface area contributed by atoms with Gasteiger partial charge in [0.15, 0.2) is 0 Å². The van der Waals surface area contributed by atoms with E-state index in [0.29, 0.717) is 11.4 Å². The number of hydrogen-bond donors (Lipinski definition) is 2. The van der Waals surface area contributed by atoms with Crippen molar-refractivity contribution in [2.24, 2.45) is 0 Å². The summed E-state index contributed by atoms with van der Waals surface area (Å²) in [4.78, 5) is 10.2. The second-order valence-corrected chi connectivity index (χ2v) is 2.69. The summed E-state index contributed by atoms with van der Waals surface area (Å²) in [5.41, 5.74) is 6.28. The number of nitrogens with one attached hydrogen (secondary N) is 1. The lowest BCUT2D eigenvalue weighted by Gasteiger charge is -1.99. The largest absolute Gasteiger partial charge is 0.573 e. The van der Waals surface area contributed by atoms with E-state index in [1.54, 1.807) is 24.3 Å². The molecule has 0 fully saturated rings. The van der Waals surface area contributed by atoms with Gasteiger partial charge >= 0.3 is 8.18 Å². The molecule has 7 heteroatoms. The molecule has 13 heavy (non-hydrogen) atoms. The van der Waals surface area contributed by atoms with Gasteiger partial charge in [-0.25, -0.2) is 0 Å². The van der Waals surface area contributed by atoms with Gasteiger partial charge in [0.1, 0.15) is 5.69 Å². The predicted molar refractivity (Wildman–Crippen MR) is 56.6 cm³/mol. The summed E-state index contributed by atoms with van der Waals surface area (Å²) in [5, 5.41) is 2.20. The van der Waals surface area contributed by atoms with Crippen molar-refractivity contribution in [2.75, 3.05) is 10.8 Å². The van der Waals surface area contributed by atoms with Gasteiger partial charge in [0, 0.05) is 0 Å². The first-order valence-electron chi connectivity index (χ1n) is 2.95. The number of para-hydroxylation sites is 2. The molecule has 1 unspecified atom stereocenters. The summed E-state index contributed by atoms with van der Waals surface area (Å²) in [6.45, 7) is 0. The van der Waals surface area contributed by atoms with E-state index in [-0.39, 0.29) is 24.8 Å². The van der Waals surface area contributed by atoms with Gasteiger partial charge in [-0.1, -0.05) is 12.1 Å². The lowest BCUT2D eigenvalue weighted by molar-refractivity contribution is -0.162. The third kappa shape index (κ3) is 4.90. The number of anilines is 2. The summed E-state index contributed by atoms with van der Waals surface area (Å²) in [7, 11) is -2.62. The maximum Gasteiger partial charge on any atom is 0.437 e. The van der Waals surface area contributed by atoms with Crippen LogP contribution in [-0.4, -0.2) is 0 Å². The number of halogens is 2. The van der Waals surface area contributed by atoms with Crippen LogP contribution < -0.4 is 15.7 Å². The Hall–Kier alpha value is -0.540. The lowest BCUT2D eigenvalue weighted by Crippen LogP contribution is -1.99. The fourth-order valence-corrected chi connectivity index (χ4v) is 1.10. The van der Waals surface area contributed by atoms with Crippen LogP contribution in [0.3, 0.4) is 0 Å². The molecule has 1 aromatic carbocycles. The monoisotopic (exact) mass is 242 g/mol. The summed E-state index contributed by atoms with van der Waals surface area (Å²) in [6.07, 6.45) is 0. The SMILES string of the molecule is Cl.Cl.Nc1ccccc1N[P+](=O)[O-]. The van der Waals surface area contributed by atoms with Crippen LogP contribution in [0, 0.1) is 0 Å². The van der Waals surface area contributed by atoms with Crippen molar-refractivity contribution in [3.05, 3.63) is 24.3 Å². The molecular weight excluding hydrogens is 234 g/mol. The van der Waals surface area contributed by atoms with Crippen LogP contribution >= 0.6 is 33.0 Å². The lowest BCUT2D eigenvalue weighted by atomic mass is 10.3. The van der Waals surface area contributed by atoms with Crippen LogP contribution in [0.2, 0.25) is 0 Å². The predicted octanol–water partition coefficient (Wildman–Crippen LogP) is 1.54. The molecule has 0 radical (unpaired) electrons. The van der Waals surface area contributed by atoms with Gasteiger partial charge < -0.3 is 10.6 Å². The molecule has 1 aromatic rings. The van der Waals surface area contributed by atoms with Crippen LogP contribution in [0.25, 0.3) is 0 Å². The van der Waals surface area contributed by atoms with Gasteiger partial charge in [0.2, 0.25) is 0 Å². The van der Waals surface area contributed by atoms with Gasteiger partial charge in [0.25, 0.3) is 0 Å². The Labute approximate surface area is 89.3 Å². The molecule has 0 saturated heterocycles. The minimum Gasteiger partial charge on any atom is -0.573 e. The van der Waals surface area contributed by atoms with Crippen molar-refractivity contribution < 1.29 is 9.46 Å². The average Bonchev–Trinajstić information content (AvgIpc) is 1.93. The van der Waals surface area contributed by atoms with Crippen LogP contribution in [0.1, 0.15) is 0 Å².